The molecule has 1 atom stereocenters. The van der Waals surface area contributed by atoms with Crippen molar-refractivity contribution in [3.63, 3.8) is 0 Å². The molecule has 11 heteroatoms. The van der Waals surface area contributed by atoms with Gasteiger partial charge in [-0.2, -0.15) is 0 Å². The first-order valence-corrected chi connectivity index (χ1v) is 17.7. The molecule has 2 amide bonds. The maximum atomic E-state index is 15.1. The molecular formula is C36H36Cl2FN3O4S. The highest BCUT2D eigenvalue weighted by Crippen LogP contribution is 2.28. The van der Waals surface area contributed by atoms with Crippen LogP contribution in [0.15, 0.2) is 108 Å². The molecule has 7 nitrogen and oxygen atoms in total. The lowest BCUT2D eigenvalue weighted by atomic mass is 9.94. The monoisotopic (exact) mass is 695 g/mol. The van der Waals surface area contributed by atoms with Crippen molar-refractivity contribution < 1.29 is 22.4 Å². The average molecular weight is 697 g/mol. The Balaban J connectivity index is 1.57. The van der Waals surface area contributed by atoms with Crippen LogP contribution in [-0.4, -0.2) is 43.8 Å². The van der Waals surface area contributed by atoms with E-state index in [9.17, 15) is 18.0 Å². The van der Waals surface area contributed by atoms with Gasteiger partial charge in [0.1, 0.15) is 18.4 Å². The van der Waals surface area contributed by atoms with Gasteiger partial charge < -0.3 is 10.2 Å². The molecule has 0 aromatic heterocycles. The van der Waals surface area contributed by atoms with Crippen molar-refractivity contribution in [1.29, 1.82) is 0 Å². The number of carbonyl (C=O) groups excluding carboxylic acids is 2. The van der Waals surface area contributed by atoms with Crippen LogP contribution < -0.4 is 9.62 Å². The van der Waals surface area contributed by atoms with E-state index in [-0.39, 0.29) is 46.1 Å². The molecule has 0 unspecified atom stereocenters. The van der Waals surface area contributed by atoms with Crippen LogP contribution in [0.5, 0.6) is 0 Å². The van der Waals surface area contributed by atoms with Gasteiger partial charge in [-0.3, -0.25) is 13.9 Å². The van der Waals surface area contributed by atoms with Crippen LogP contribution in [0.25, 0.3) is 0 Å². The van der Waals surface area contributed by atoms with Crippen molar-refractivity contribution in [2.75, 3.05) is 10.8 Å². The van der Waals surface area contributed by atoms with E-state index in [2.05, 4.69) is 5.32 Å². The van der Waals surface area contributed by atoms with Crippen molar-refractivity contribution in [2.24, 2.45) is 0 Å². The zero-order chi connectivity index (χ0) is 33.4. The molecule has 0 heterocycles. The second kappa shape index (κ2) is 15.8. The third-order valence-corrected chi connectivity index (χ3v) is 10.6. The minimum absolute atomic E-state index is 0.0480. The minimum atomic E-state index is -4.33. The van der Waals surface area contributed by atoms with Gasteiger partial charge in [0.2, 0.25) is 11.8 Å². The van der Waals surface area contributed by atoms with E-state index in [1.165, 1.54) is 47.4 Å². The number of carbonyl (C=O) groups is 2. The Morgan fingerprint density at radius 3 is 2.19 bits per heavy atom. The van der Waals surface area contributed by atoms with E-state index in [4.69, 9.17) is 23.2 Å². The zero-order valence-electron chi connectivity index (χ0n) is 25.7. The molecule has 0 saturated heterocycles. The SMILES string of the molecule is O=C(NC1CCCCC1)[C@@H](Cc1ccccc1)N(Cc1ccccc1F)C(=O)CN(c1cccc(Cl)c1)S(=O)(=O)c1ccc(Cl)cc1. The predicted octanol–water partition coefficient (Wildman–Crippen LogP) is 7.42. The van der Waals surface area contributed by atoms with Crippen LogP contribution in [0.1, 0.15) is 43.2 Å². The molecule has 1 N–H and O–H groups in total. The summed E-state index contributed by atoms with van der Waals surface area (Å²) in [4.78, 5) is 29.9. The summed E-state index contributed by atoms with van der Waals surface area (Å²) in [6, 6.07) is 25.9. The number of sulfonamides is 1. The van der Waals surface area contributed by atoms with Crippen LogP contribution in [0.4, 0.5) is 10.1 Å². The summed E-state index contributed by atoms with van der Waals surface area (Å²) < 4.78 is 44.3. The fourth-order valence-corrected chi connectivity index (χ4v) is 7.52. The Labute approximate surface area is 285 Å². The van der Waals surface area contributed by atoms with Gasteiger partial charge in [0.25, 0.3) is 10.0 Å². The molecule has 1 aliphatic carbocycles. The number of benzene rings is 4. The average Bonchev–Trinajstić information content (AvgIpc) is 3.07. The summed E-state index contributed by atoms with van der Waals surface area (Å²) in [5.41, 5.74) is 1.14. The Morgan fingerprint density at radius 1 is 0.830 bits per heavy atom. The lowest BCUT2D eigenvalue weighted by Gasteiger charge is -2.35. The summed E-state index contributed by atoms with van der Waals surface area (Å²) in [6.45, 7) is -0.937. The van der Waals surface area contributed by atoms with E-state index >= 15 is 4.39 Å². The van der Waals surface area contributed by atoms with Crippen LogP contribution >= 0.6 is 23.2 Å². The van der Waals surface area contributed by atoms with E-state index in [0.29, 0.717) is 5.02 Å². The lowest BCUT2D eigenvalue weighted by Crippen LogP contribution is -2.55. The standard InChI is InChI=1S/C36H36Cl2FN3O4S/c37-28-18-20-32(21-19-28)47(45,46)42(31-16-9-13-29(38)23-31)25-35(43)41(24-27-12-7-8-17-33(27)39)34(22-26-10-3-1-4-11-26)36(44)40-30-14-5-2-6-15-30/h1,3-4,7-13,16-21,23,30,34H,2,5-6,14-15,22,24-25H2,(H,40,44)/t34-/m1/s1. The highest BCUT2D eigenvalue weighted by Gasteiger charge is 2.36. The number of halogens is 3. The fraction of sp³-hybridized carbons (Fsp3) is 0.278. The molecule has 1 fully saturated rings. The summed E-state index contributed by atoms with van der Waals surface area (Å²) in [5, 5.41) is 3.75. The van der Waals surface area contributed by atoms with E-state index < -0.39 is 34.3 Å². The summed E-state index contributed by atoms with van der Waals surface area (Å²) in [7, 11) is -4.33. The maximum absolute atomic E-state index is 15.1. The first kappa shape index (κ1) is 34.4. The molecule has 1 saturated carbocycles. The number of amides is 2. The maximum Gasteiger partial charge on any atom is 0.264 e. The second-order valence-electron chi connectivity index (χ2n) is 11.6. The number of nitrogens with one attached hydrogen (secondary N) is 1. The third kappa shape index (κ3) is 8.91. The van der Waals surface area contributed by atoms with Crippen molar-refractivity contribution >= 4 is 50.7 Å². The summed E-state index contributed by atoms with van der Waals surface area (Å²) in [5.74, 6) is -1.61. The number of nitrogens with zero attached hydrogens (tertiary/aromatic N) is 2. The molecule has 4 aromatic rings. The molecule has 0 aliphatic heterocycles. The molecule has 47 heavy (non-hydrogen) atoms. The number of anilines is 1. The topological polar surface area (TPSA) is 86.8 Å². The van der Waals surface area contributed by atoms with E-state index in [1.54, 1.807) is 30.3 Å². The van der Waals surface area contributed by atoms with Crippen molar-refractivity contribution in [2.45, 2.75) is 62.0 Å². The van der Waals surface area contributed by atoms with Crippen LogP contribution in [0.3, 0.4) is 0 Å². The first-order chi connectivity index (χ1) is 22.6. The van der Waals surface area contributed by atoms with Crippen LogP contribution in [-0.2, 0) is 32.6 Å². The van der Waals surface area contributed by atoms with Gasteiger partial charge in [0.15, 0.2) is 0 Å². The lowest BCUT2D eigenvalue weighted by molar-refractivity contribution is -0.140. The van der Waals surface area contributed by atoms with Gasteiger partial charge in [-0.15, -0.1) is 0 Å². The van der Waals surface area contributed by atoms with Crippen molar-refractivity contribution in [1.82, 2.24) is 10.2 Å². The van der Waals surface area contributed by atoms with Gasteiger partial charge in [0, 0.05) is 34.6 Å². The van der Waals surface area contributed by atoms with E-state index in [1.807, 2.05) is 30.3 Å². The highest BCUT2D eigenvalue weighted by molar-refractivity contribution is 7.92. The minimum Gasteiger partial charge on any atom is -0.352 e. The highest BCUT2D eigenvalue weighted by atomic mass is 35.5. The quantitative estimate of drug-likeness (QED) is 0.167. The molecule has 0 spiro atoms. The smallest absolute Gasteiger partial charge is 0.264 e. The van der Waals surface area contributed by atoms with E-state index in [0.717, 1.165) is 42.0 Å². The molecular weight excluding hydrogens is 660 g/mol. The van der Waals surface area contributed by atoms with Crippen molar-refractivity contribution in [3.05, 3.63) is 130 Å². The Bertz CT molecular complexity index is 1790. The molecule has 0 radical (unpaired) electrons. The normalized spacial score (nSPS) is 14.3. The van der Waals surface area contributed by atoms with Gasteiger partial charge >= 0.3 is 0 Å². The largest absolute Gasteiger partial charge is 0.352 e. The Kier molecular flexibility index (Phi) is 11.6. The van der Waals surface area contributed by atoms with Crippen LogP contribution in [0, 0.1) is 5.82 Å². The number of hydrogen-bond donors (Lipinski definition) is 1. The van der Waals surface area contributed by atoms with Crippen LogP contribution in [0.2, 0.25) is 10.0 Å². The molecule has 1 aliphatic rings. The second-order valence-corrected chi connectivity index (χ2v) is 14.3. The number of rotatable bonds is 12. The molecule has 0 bridgehead atoms. The zero-order valence-corrected chi connectivity index (χ0v) is 28.0. The fourth-order valence-electron chi connectivity index (χ4n) is 5.80. The molecule has 4 aromatic carbocycles. The van der Waals surface area contributed by atoms with Gasteiger partial charge in [-0.1, -0.05) is 97.1 Å². The van der Waals surface area contributed by atoms with Gasteiger partial charge in [-0.05, 0) is 66.9 Å². The van der Waals surface area contributed by atoms with Gasteiger partial charge in [-0.25, -0.2) is 12.8 Å². The van der Waals surface area contributed by atoms with Gasteiger partial charge in [0.05, 0.1) is 10.6 Å². The van der Waals surface area contributed by atoms with Crippen molar-refractivity contribution in [3.8, 4) is 0 Å². The summed E-state index contributed by atoms with van der Waals surface area (Å²) >= 11 is 12.3. The predicted molar refractivity (Wildman–Crippen MR) is 183 cm³/mol. The Hall–Kier alpha value is -3.92. The summed E-state index contributed by atoms with van der Waals surface area (Å²) in [6.07, 6.45) is 4.87. The molecule has 246 valence electrons. The molecule has 5 rings (SSSR count). The Morgan fingerprint density at radius 2 is 1.51 bits per heavy atom. The third-order valence-electron chi connectivity index (χ3n) is 8.30. The first-order valence-electron chi connectivity index (χ1n) is 15.5. The number of hydrogen-bond acceptors (Lipinski definition) is 4.